The lowest BCUT2D eigenvalue weighted by molar-refractivity contribution is -0.131. The third-order valence-electron chi connectivity index (χ3n) is 4.60. The molecule has 102 valence electrons. The standard InChI is InChI=1S/C13H23N3O2/c1-2-4-12(7-8-12)9-15-11(17)13(5-3-6-13)10(14)16-18/h18H,2-9H2,1H3,(H2,14,16)(H,15,17). The van der Waals surface area contributed by atoms with Crippen LogP contribution in [0.3, 0.4) is 0 Å². The number of amides is 1. The number of nitrogens with zero attached hydrogens (tertiary/aromatic N) is 1. The number of amidine groups is 1. The summed E-state index contributed by atoms with van der Waals surface area (Å²) in [7, 11) is 0. The van der Waals surface area contributed by atoms with Gasteiger partial charge in [0.05, 0.1) is 0 Å². The second-order valence-corrected chi connectivity index (χ2v) is 5.85. The van der Waals surface area contributed by atoms with Crippen LogP contribution >= 0.6 is 0 Å². The number of carbonyl (C=O) groups is 1. The van der Waals surface area contributed by atoms with Gasteiger partial charge in [0.2, 0.25) is 5.91 Å². The number of hydrogen-bond donors (Lipinski definition) is 3. The first-order chi connectivity index (χ1) is 8.58. The molecule has 2 saturated carbocycles. The van der Waals surface area contributed by atoms with Crippen LogP contribution in [0.1, 0.15) is 51.9 Å². The molecule has 0 saturated heterocycles. The van der Waals surface area contributed by atoms with E-state index in [0.717, 1.165) is 19.4 Å². The summed E-state index contributed by atoms with van der Waals surface area (Å²) in [6.07, 6.45) is 7.08. The monoisotopic (exact) mass is 253 g/mol. The van der Waals surface area contributed by atoms with E-state index in [9.17, 15) is 4.79 Å². The molecule has 18 heavy (non-hydrogen) atoms. The van der Waals surface area contributed by atoms with Gasteiger partial charge in [0.25, 0.3) is 0 Å². The molecule has 0 aliphatic heterocycles. The van der Waals surface area contributed by atoms with E-state index in [0.29, 0.717) is 18.3 Å². The van der Waals surface area contributed by atoms with Crippen LogP contribution in [-0.4, -0.2) is 23.5 Å². The molecule has 5 nitrogen and oxygen atoms in total. The lowest BCUT2D eigenvalue weighted by Crippen LogP contribution is -2.54. The quantitative estimate of drug-likeness (QED) is 0.291. The molecule has 2 aliphatic rings. The normalized spacial score (nSPS) is 24.2. The summed E-state index contributed by atoms with van der Waals surface area (Å²) in [5.74, 6) is -0.00184. The molecule has 1 amide bonds. The molecule has 0 bridgehead atoms. The summed E-state index contributed by atoms with van der Waals surface area (Å²) in [6.45, 7) is 2.91. The van der Waals surface area contributed by atoms with Crippen molar-refractivity contribution in [1.82, 2.24) is 5.32 Å². The lowest BCUT2D eigenvalue weighted by atomic mass is 9.67. The molecule has 4 N–H and O–H groups in total. The maximum absolute atomic E-state index is 12.2. The van der Waals surface area contributed by atoms with Crippen LogP contribution in [-0.2, 0) is 4.79 Å². The molecule has 2 fully saturated rings. The van der Waals surface area contributed by atoms with Crippen molar-refractivity contribution in [2.45, 2.75) is 51.9 Å². The predicted octanol–water partition coefficient (Wildman–Crippen LogP) is 1.60. The maximum atomic E-state index is 12.2. The van der Waals surface area contributed by atoms with E-state index < -0.39 is 5.41 Å². The average Bonchev–Trinajstić information content (AvgIpc) is 3.05. The van der Waals surface area contributed by atoms with E-state index in [1.165, 1.54) is 19.3 Å². The van der Waals surface area contributed by atoms with Crippen molar-refractivity contribution in [3.63, 3.8) is 0 Å². The summed E-state index contributed by atoms with van der Waals surface area (Å²) in [6, 6.07) is 0. The fourth-order valence-electron chi connectivity index (χ4n) is 2.88. The summed E-state index contributed by atoms with van der Waals surface area (Å²) in [5, 5.41) is 14.8. The lowest BCUT2D eigenvalue weighted by Gasteiger charge is -2.39. The van der Waals surface area contributed by atoms with Gasteiger partial charge in [0.15, 0.2) is 5.84 Å². The fourth-order valence-corrected chi connectivity index (χ4v) is 2.88. The van der Waals surface area contributed by atoms with Gasteiger partial charge in [-0.3, -0.25) is 4.79 Å². The van der Waals surface area contributed by atoms with Crippen LogP contribution in [0.15, 0.2) is 5.16 Å². The molecule has 0 heterocycles. The van der Waals surface area contributed by atoms with Gasteiger partial charge < -0.3 is 16.3 Å². The minimum Gasteiger partial charge on any atom is -0.409 e. The Hall–Kier alpha value is -1.26. The highest BCUT2D eigenvalue weighted by molar-refractivity contribution is 6.07. The molecule has 2 aliphatic carbocycles. The molecule has 0 aromatic heterocycles. The molecule has 0 radical (unpaired) electrons. The van der Waals surface area contributed by atoms with Crippen molar-refractivity contribution in [2.24, 2.45) is 21.7 Å². The Morgan fingerprint density at radius 2 is 2.06 bits per heavy atom. The molecule has 0 spiro atoms. The smallest absolute Gasteiger partial charge is 0.233 e. The minimum atomic E-state index is -0.739. The molecule has 0 atom stereocenters. The number of nitrogens with two attached hydrogens (primary N) is 1. The number of oxime groups is 1. The number of hydrogen-bond acceptors (Lipinski definition) is 3. The summed E-state index contributed by atoms with van der Waals surface area (Å²) >= 11 is 0. The second kappa shape index (κ2) is 4.78. The second-order valence-electron chi connectivity index (χ2n) is 5.85. The zero-order valence-electron chi connectivity index (χ0n) is 11.0. The van der Waals surface area contributed by atoms with E-state index in [1.807, 2.05) is 0 Å². The van der Waals surface area contributed by atoms with Gasteiger partial charge in [0.1, 0.15) is 5.41 Å². The van der Waals surface area contributed by atoms with Gasteiger partial charge in [-0.1, -0.05) is 24.9 Å². The van der Waals surface area contributed by atoms with E-state index >= 15 is 0 Å². The van der Waals surface area contributed by atoms with Crippen LogP contribution in [0, 0.1) is 10.8 Å². The SMILES string of the molecule is CCCC1(CNC(=O)C2(C(N)=NO)CCC2)CC1. The van der Waals surface area contributed by atoms with Crippen molar-refractivity contribution < 1.29 is 10.0 Å². The molecule has 5 heteroatoms. The summed E-state index contributed by atoms with van der Waals surface area (Å²) in [4.78, 5) is 12.2. The third-order valence-corrected chi connectivity index (χ3v) is 4.60. The molecule has 2 rings (SSSR count). The van der Waals surface area contributed by atoms with Crippen LogP contribution in [0.5, 0.6) is 0 Å². The highest BCUT2D eigenvalue weighted by atomic mass is 16.4. The van der Waals surface area contributed by atoms with Gasteiger partial charge >= 0.3 is 0 Å². The third kappa shape index (κ3) is 2.18. The fraction of sp³-hybridized carbons (Fsp3) is 0.846. The first kappa shape index (κ1) is 13.2. The van der Waals surface area contributed by atoms with E-state index in [-0.39, 0.29) is 11.7 Å². The maximum Gasteiger partial charge on any atom is 0.233 e. The summed E-state index contributed by atoms with van der Waals surface area (Å²) < 4.78 is 0. The Morgan fingerprint density at radius 3 is 2.44 bits per heavy atom. The van der Waals surface area contributed by atoms with Crippen LogP contribution in [0.2, 0.25) is 0 Å². The van der Waals surface area contributed by atoms with Crippen molar-refractivity contribution in [1.29, 1.82) is 0 Å². The summed E-state index contributed by atoms with van der Waals surface area (Å²) in [5.41, 5.74) is 5.26. The van der Waals surface area contributed by atoms with Gasteiger partial charge in [-0.2, -0.15) is 0 Å². The van der Waals surface area contributed by atoms with Crippen LogP contribution in [0.25, 0.3) is 0 Å². The number of rotatable bonds is 6. The topological polar surface area (TPSA) is 87.7 Å². The molecule has 0 aromatic carbocycles. The van der Waals surface area contributed by atoms with Crippen molar-refractivity contribution in [3.05, 3.63) is 0 Å². The van der Waals surface area contributed by atoms with Crippen LogP contribution in [0.4, 0.5) is 0 Å². The van der Waals surface area contributed by atoms with E-state index in [1.54, 1.807) is 0 Å². The van der Waals surface area contributed by atoms with Gasteiger partial charge in [-0.05, 0) is 37.5 Å². The van der Waals surface area contributed by atoms with E-state index in [4.69, 9.17) is 10.9 Å². The number of carbonyl (C=O) groups excluding carboxylic acids is 1. The molecular formula is C13H23N3O2. The average molecular weight is 253 g/mol. The largest absolute Gasteiger partial charge is 0.409 e. The van der Waals surface area contributed by atoms with E-state index in [2.05, 4.69) is 17.4 Å². The predicted molar refractivity (Wildman–Crippen MR) is 69.3 cm³/mol. The molecule has 0 aromatic rings. The highest BCUT2D eigenvalue weighted by Gasteiger charge is 2.49. The Bertz CT molecular complexity index is 357. The molecule has 0 unspecified atom stereocenters. The first-order valence-electron chi connectivity index (χ1n) is 6.85. The van der Waals surface area contributed by atoms with Crippen LogP contribution < -0.4 is 11.1 Å². The Labute approximate surface area is 108 Å². The highest BCUT2D eigenvalue weighted by Crippen LogP contribution is 2.49. The number of nitrogens with one attached hydrogen (secondary N) is 1. The first-order valence-corrected chi connectivity index (χ1v) is 6.85. The Kier molecular flexibility index (Phi) is 3.50. The zero-order valence-corrected chi connectivity index (χ0v) is 11.0. The van der Waals surface area contributed by atoms with Gasteiger partial charge in [-0.25, -0.2) is 0 Å². The van der Waals surface area contributed by atoms with Crippen molar-refractivity contribution in [3.8, 4) is 0 Å². The zero-order chi connectivity index (χ0) is 13.2. The Balaban J connectivity index is 1.91. The molecular weight excluding hydrogens is 230 g/mol. The Morgan fingerprint density at radius 1 is 1.39 bits per heavy atom. The minimum absolute atomic E-state index is 0.0617. The van der Waals surface area contributed by atoms with Crippen molar-refractivity contribution in [2.75, 3.05) is 6.54 Å². The van der Waals surface area contributed by atoms with Gasteiger partial charge in [0, 0.05) is 6.54 Å². The van der Waals surface area contributed by atoms with Crippen molar-refractivity contribution >= 4 is 11.7 Å². The van der Waals surface area contributed by atoms with Gasteiger partial charge in [-0.15, -0.1) is 0 Å².